The summed E-state index contributed by atoms with van der Waals surface area (Å²) in [5, 5.41) is 1.03. The Labute approximate surface area is 184 Å². The molecular formula is C26H30N4O. The lowest BCUT2D eigenvalue weighted by Crippen LogP contribution is -2.48. The Kier molecular flexibility index (Phi) is 5.60. The highest BCUT2D eigenvalue weighted by Gasteiger charge is 2.27. The van der Waals surface area contributed by atoms with E-state index in [9.17, 15) is 4.79 Å². The first-order valence-corrected chi connectivity index (χ1v) is 11.4. The molecule has 0 aliphatic carbocycles. The van der Waals surface area contributed by atoms with Crippen LogP contribution in [0, 0.1) is 6.92 Å². The van der Waals surface area contributed by atoms with Gasteiger partial charge in [0.15, 0.2) is 0 Å². The Hall–Kier alpha value is -2.92. The number of hydrogen-bond acceptors (Lipinski definition) is 4. The van der Waals surface area contributed by atoms with Crippen LogP contribution in [0.1, 0.15) is 34.3 Å². The molecule has 0 bridgehead atoms. The molecule has 1 amide bonds. The first-order valence-electron chi connectivity index (χ1n) is 11.4. The fourth-order valence-corrected chi connectivity index (χ4v) is 4.78. The van der Waals surface area contributed by atoms with E-state index >= 15 is 0 Å². The van der Waals surface area contributed by atoms with E-state index in [1.54, 1.807) is 0 Å². The zero-order valence-corrected chi connectivity index (χ0v) is 18.3. The van der Waals surface area contributed by atoms with Crippen molar-refractivity contribution >= 4 is 22.6 Å². The number of anilines is 1. The van der Waals surface area contributed by atoms with E-state index in [2.05, 4.69) is 47.1 Å². The van der Waals surface area contributed by atoms with E-state index in [1.807, 2.05) is 29.2 Å². The SMILES string of the molecule is Cc1cccc(CN2CCN(C(=O)c3cc4ccccc4nc3N3CCCC3)CC2)c1. The lowest BCUT2D eigenvalue weighted by Gasteiger charge is -2.35. The molecule has 0 atom stereocenters. The summed E-state index contributed by atoms with van der Waals surface area (Å²) < 4.78 is 0. The van der Waals surface area contributed by atoms with Crippen LogP contribution in [-0.2, 0) is 6.54 Å². The summed E-state index contributed by atoms with van der Waals surface area (Å²) in [4.78, 5) is 25.2. The Balaban J connectivity index is 1.33. The second kappa shape index (κ2) is 8.67. The van der Waals surface area contributed by atoms with Crippen LogP contribution in [0.4, 0.5) is 5.82 Å². The third-order valence-corrected chi connectivity index (χ3v) is 6.49. The number of fused-ring (bicyclic) bond motifs is 1. The van der Waals surface area contributed by atoms with Crippen molar-refractivity contribution in [3.05, 3.63) is 71.3 Å². The minimum absolute atomic E-state index is 0.121. The molecule has 5 rings (SSSR count). The van der Waals surface area contributed by atoms with Gasteiger partial charge in [-0.1, -0.05) is 48.0 Å². The number of piperazine rings is 1. The normalized spacial score (nSPS) is 17.5. The molecule has 0 radical (unpaired) electrons. The van der Waals surface area contributed by atoms with Crippen molar-refractivity contribution in [2.24, 2.45) is 0 Å². The summed E-state index contributed by atoms with van der Waals surface area (Å²) in [7, 11) is 0. The summed E-state index contributed by atoms with van der Waals surface area (Å²) >= 11 is 0. The van der Waals surface area contributed by atoms with Gasteiger partial charge in [0, 0.05) is 51.2 Å². The number of hydrogen-bond donors (Lipinski definition) is 0. The molecule has 2 fully saturated rings. The molecule has 0 spiro atoms. The van der Waals surface area contributed by atoms with Crippen molar-refractivity contribution in [1.82, 2.24) is 14.8 Å². The van der Waals surface area contributed by atoms with Crippen LogP contribution in [0.15, 0.2) is 54.6 Å². The molecule has 0 saturated carbocycles. The molecule has 31 heavy (non-hydrogen) atoms. The number of nitrogens with zero attached hydrogens (tertiary/aromatic N) is 4. The van der Waals surface area contributed by atoms with Gasteiger partial charge >= 0.3 is 0 Å². The summed E-state index contributed by atoms with van der Waals surface area (Å²) in [6.07, 6.45) is 2.33. The van der Waals surface area contributed by atoms with Gasteiger partial charge in [-0.15, -0.1) is 0 Å². The molecule has 1 aromatic heterocycles. The van der Waals surface area contributed by atoms with Gasteiger partial charge in [0.25, 0.3) is 5.91 Å². The number of aryl methyl sites for hydroxylation is 1. The Bertz CT molecular complexity index is 1080. The maximum absolute atomic E-state index is 13.6. The largest absolute Gasteiger partial charge is 0.356 e. The number of carbonyl (C=O) groups is 1. The van der Waals surface area contributed by atoms with Crippen molar-refractivity contribution in [1.29, 1.82) is 0 Å². The molecule has 0 unspecified atom stereocenters. The molecule has 2 saturated heterocycles. The monoisotopic (exact) mass is 414 g/mol. The van der Waals surface area contributed by atoms with E-state index < -0.39 is 0 Å². The van der Waals surface area contributed by atoms with Gasteiger partial charge in [-0.3, -0.25) is 9.69 Å². The Morgan fingerprint density at radius 1 is 0.903 bits per heavy atom. The third kappa shape index (κ3) is 4.28. The first-order chi connectivity index (χ1) is 15.2. The predicted octanol–water partition coefficient (Wildman–Crippen LogP) is 4.10. The Morgan fingerprint density at radius 2 is 1.68 bits per heavy atom. The van der Waals surface area contributed by atoms with E-state index in [0.29, 0.717) is 0 Å². The highest BCUT2D eigenvalue weighted by Crippen LogP contribution is 2.28. The molecule has 5 heteroatoms. The van der Waals surface area contributed by atoms with Crippen molar-refractivity contribution in [2.75, 3.05) is 44.2 Å². The van der Waals surface area contributed by atoms with Crippen LogP contribution in [0.3, 0.4) is 0 Å². The van der Waals surface area contributed by atoms with Gasteiger partial charge in [0.05, 0.1) is 11.1 Å². The predicted molar refractivity (Wildman–Crippen MR) is 126 cm³/mol. The van der Waals surface area contributed by atoms with Crippen molar-refractivity contribution < 1.29 is 4.79 Å². The molecule has 2 aliphatic heterocycles. The minimum Gasteiger partial charge on any atom is -0.356 e. The van der Waals surface area contributed by atoms with Crippen LogP contribution in [0.25, 0.3) is 10.9 Å². The van der Waals surface area contributed by atoms with Crippen LogP contribution < -0.4 is 4.90 Å². The van der Waals surface area contributed by atoms with Gasteiger partial charge in [0.2, 0.25) is 0 Å². The number of benzene rings is 2. The quantitative estimate of drug-likeness (QED) is 0.644. The zero-order valence-electron chi connectivity index (χ0n) is 18.3. The highest BCUT2D eigenvalue weighted by molar-refractivity contribution is 6.02. The summed E-state index contributed by atoms with van der Waals surface area (Å²) in [5.41, 5.74) is 4.36. The smallest absolute Gasteiger partial charge is 0.257 e. The van der Waals surface area contributed by atoms with Gasteiger partial charge in [-0.25, -0.2) is 4.98 Å². The topological polar surface area (TPSA) is 39.7 Å². The van der Waals surface area contributed by atoms with E-state index in [1.165, 1.54) is 24.0 Å². The molecule has 3 aromatic rings. The maximum Gasteiger partial charge on any atom is 0.257 e. The molecule has 3 heterocycles. The number of carbonyl (C=O) groups excluding carboxylic acids is 1. The summed E-state index contributed by atoms with van der Waals surface area (Å²) in [6.45, 7) is 8.37. The van der Waals surface area contributed by atoms with Crippen LogP contribution in [0.5, 0.6) is 0 Å². The standard InChI is InChI=1S/C26H30N4O/c1-20-7-6-8-21(17-20)19-28-13-15-30(16-14-28)26(31)23-18-22-9-2-3-10-24(22)27-25(23)29-11-4-5-12-29/h2-3,6-10,17-18H,4-5,11-16,19H2,1H3. The fraction of sp³-hybridized carbons (Fsp3) is 0.385. The number of amides is 1. The van der Waals surface area contributed by atoms with E-state index in [4.69, 9.17) is 4.98 Å². The average Bonchev–Trinajstić information content (AvgIpc) is 3.33. The van der Waals surface area contributed by atoms with Crippen molar-refractivity contribution in [3.63, 3.8) is 0 Å². The fourth-order valence-electron chi connectivity index (χ4n) is 4.78. The lowest BCUT2D eigenvalue weighted by atomic mass is 10.1. The molecule has 2 aliphatic rings. The molecule has 5 nitrogen and oxygen atoms in total. The lowest BCUT2D eigenvalue weighted by molar-refractivity contribution is 0.0629. The van der Waals surface area contributed by atoms with Crippen LogP contribution >= 0.6 is 0 Å². The van der Waals surface area contributed by atoms with Crippen molar-refractivity contribution in [2.45, 2.75) is 26.3 Å². The second-order valence-electron chi connectivity index (χ2n) is 8.80. The number of pyridine rings is 1. The van der Waals surface area contributed by atoms with Crippen LogP contribution in [0.2, 0.25) is 0 Å². The number of aromatic nitrogens is 1. The van der Waals surface area contributed by atoms with Gasteiger partial charge < -0.3 is 9.80 Å². The van der Waals surface area contributed by atoms with Crippen molar-refractivity contribution in [3.8, 4) is 0 Å². The van der Waals surface area contributed by atoms with E-state index in [-0.39, 0.29) is 5.91 Å². The van der Waals surface area contributed by atoms with Gasteiger partial charge in [-0.2, -0.15) is 0 Å². The van der Waals surface area contributed by atoms with Gasteiger partial charge in [0.1, 0.15) is 5.82 Å². The maximum atomic E-state index is 13.6. The Morgan fingerprint density at radius 3 is 2.45 bits per heavy atom. The zero-order chi connectivity index (χ0) is 21.2. The first kappa shape index (κ1) is 20.0. The number of rotatable bonds is 4. The number of para-hydroxylation sites is 1. The van der Waals surface area contributed by atoms with Crippen LogP contribution in [-0.4, -0.2) is 60.0 Å². The molecule has 160 valence electrons. The second-order valence-corrected chi connectivity index (χ2v) is 8.80. The summed E-state index contributed by atoms with van der Waals surface area (Å²) in [5.74, 6) is 0.985. The molecule has 0 N–H and O–H groups in total. The third-order valence-electron chi connectivity index (χ3n) is 6.49. The molecular weight excluding hydrogens is 384 g/mol. The molecule has 2 aromatic carbocycles. The average molecular weight is 415 g/mol. The summed E-state index contributed by atoms with van der Waals surface area (Å²) in [6, 6.07) is 18.9. The van der Waals surface area contributed by atoms with E-state index in [0.717, 1.165) is 68.1 Å². The minimum atomic E-state index is 0.121. The highest BCUT2D eigenvalue weighted by atomic mass is 16.2. The van der Waals surface area contributed by atoms with Gasteiger partial charge in [-0.05, 0) is 37.5 Å².